The van der Waals surface area contributed by atoms with Crippen LogP contribution in [0.25, 0.3) is 0 Å². The number of aryl methyl sites for hydroxylation is 1. The van der Waals surface area contributed by atoms with Crippen molar-refractivity contribution in [2.24, 2.45) is 5.92 Å². The summed E-state index contributed by atoms with van der Waals surface area (Å²) < 4.78 is 33.0. The van der Waals surface area contributed by atoms with E-state index in [1.54, 1.807) is 0 Å². The second-order valence-corrected chi connectivity index (χ2v) is 7.37. The smallest absolute Gasteiger partial charge is 0.371 e. The number of nitrogens with one attached hydrogen (secondary N) is 1. The number of hydrogen-bond donors (Lipinski definition) is 2. The summed E-state index contributed by atoms with van der Waals surface area (Å²) in [4.78, 5) is 10.8. The van der Waals surface area contributed by atoms with Crippen molar-refractivity contribution in [3.63, 3.8) is 0 Å². The van der Waals surface area contributed by atoms with Gasteiger partial charge in [0.1, 0.15) is 10.7 Å². The molecule has 1 unspecified atom stereocenters. The molecule has 0 aliphatic heterocycles. The van der Waals surface area contributed by atoms with Gasteiger partial charge in [0.15, 0.2) is 0 Å². The minimum absolute atomic E-state index is 0.0671. The summed E-state index contributed by atoms with van der Waals surface area (Å²) in [6.45, 7) is 1.44. The van der Waals surface area contributed by atoms with Gasteiger partial charge in [-0.15, -0.1) is 0 Å². The molecular weight excluding hydrogens is 318 g/mol. The molecule has 122 valence electrons. The first-order valence-electron chi connectivity index (χ1n) is 7.29. The summed E-state index contributed by atoms with van der Waals surface area (Å²) >= 11 is 0. The third-order valence-electron chi connectivity index (χ3n) is 3.91. The Kier molecular flexibility index (Phi) is 3.99. The number of carboxylic acids is 1. The molecule has 2 aromatic rings. The number of aromatic carboxylic acids is 1. The van der Waals surface area contributed by atoms with Gasteiger partial charge in [0.25, 0.3) is 0 Å². The van der Waals surface area contributed by atoms with E-state index in [1.165, 1.54) is 6.92 Å². The Hall–Kier alpha value is -2.12. The van der Waals surface area contributed by atoms with Crippen LogP contribution in [0.3, 0.4) is 0 Å². The monoisotopic (exact) mass is 335 g/mol. The number of carboxylic acid groups (broad SMARTS) is 1. The average Bonchev–Trinajstić information content (AvgIpc) is 3.27. The normalized spacial score (nSPS) is 16.2. The Balaban J connectivity index is 1.92. The van der Waals surface area contributed by atoms with Crippen molar-refractivity contribution in [2.45, 2.75) is 30.7 Å². The van der Waals surface area contributed by atoms with Gasteiger partial charge in [-0.2, -0.15) is 0 Å². The lowest BCUT2D eigenvalue weighted by Gasteiger charge is -2.18. The molecule has 1 aromatic carbocycles. The van der Waals surface area contributed by atoms with E-state index in [0.29, 0.717) is 0 Å². The van der Waals surface area contributed by atoms with Crippen LogP contribution >= 0.6 is 0 Å². The first-order chi connectivity index (χ1) is 10.9. The van der Waals surface area contributed by atoms with Gasteiger partial charge >= 0.3 is 5.97 Å². The molecule has 0 bridgehead atoms. The molecule has 0 radical (unpaired) electrons. The Bertz CT molecular complexity index is 821. The first kappa shape index (κ1) is 15.8. The average molecular weight is 335 g/mol. The van der Waals surface area contributed by atoms with Crippen molar-refractivity contribution in [3.8, 4) is 0 Å². The van der Waals surface area contributed by atoms with E-state index in [9.17, 15) is 13.2 Å². The van der Waals surface area contributed by atoms with Crippen LogP contribution in [0.1, 0.15) is 40.8 Å². The summed E-state index contributed by atoms with van der Waals surface area (Å²) in [6.07, 6.45) is 1.93. The molecule has 6 nitrogen and oxygen atoms in total. The van der Waals surface area contributed by atoms with Gasteiger partial charge in [-0.05, 0) is 31.2 Å². The standard InChI is InChI=1S/C16H17NO5S/c1-10-14(9-13(22-10)16(18)19)23(20,21)17-15(12-7-8-12)11-5-3-2-4-6-11/h2-6,9,12,15,17H,7-8H2,1H3,(H,18,19). The maximum Gasteiger partial charge on any atom is 0.371 e. The van der Waals surface area contributed by atoms with Crippen molar-refractivity contribution >= 4 is 16.0 Å². The van der Waals surface area contributed by atoms with Crippen molar-refractivity contribution < 1.29 is 22.7 Å². The summed E-state index contributed by atoms with van der Waals surface area (Å²) in [5, 5.41) is 8.94. The zero-order valence-corrected chi connectivity index (χ0v) is 13.3. The molecule has 1 atom stereocenters. The fraction of sp³-hybridized carbons (Fsp3) is 0.312. The largest absolute Gasteiger partial charge is 0.475 e. The second-order valence-electron chi connectivity index (χ2n) is 5.68. The third-order valence-corrected chi connectivity index (χ3v) is 5.46. The van der Waals surface area contributed by atoms with Crippen molar-refractivity contribution in [1.29, 1.82) is 0 Å². The highest BCUT2D eigenvalue weighted by atomic mass is 32.2. The number of rotatable bonds is 6. The Morgan fingerprint density at radius 3 is 2.48 bits per heavy atom. The van der Waals surface area contributed by atoms with Gasteiger partial charge in [-0.25, -0.2) is 17.9 Å². The number of furan rings is 1. The van der Waals surface area contributed by atoms with Gasteiger partial charge in [-0.1, -0.05) is 30.3 Å². The molecule has 7 heteroatoms. The zero-order chi connectivity index (χ0) is 16.6. The van der Waals surface area contributed by atoms with E-state index in [0.717, 1.165) is 24.5 Å². The molecule has 1 saturated carbocycles. The molecule has 0 spiro atoms. The highest BCUT2D eigenvalue weighted by Gasteiger charge is 2.36. The van der Waals surface area contributed by atoms with Crippen LogP contribution in [-0.4, -0.2) is 19.5 Å². The third kappa shape index (κ3) is 3.30. The van der Waals surface area contributed by atoms with Crippen LogP contribution in [0.2, 0.25) is 0 Å². The van der Waals surface area contributed by atoms with E-state index < -0.39 is 16.0 Å². The molecule has 1 heterocycles. The first-order valence-corrected chi connectivity index (χ1v) is 8.78. The molecule has 1 aliphatic carbocycles. The minimum Gasteiger partial charge on any atom is -0.475 e. The number of benzene rings is 1. The molecule has 0 amide bonds. The van der Waals surface area contributed by atoms with E-state index >= 15 is 0 Å². The van der Waals surface area contributed by atoms with E-state index in [1.807, 2.05) is 30.3 Å². The summed E-state index contributed by atoms with van der Waals surface area (Å²) in [7, 11) is -3.86. The molecular formula is C16H17NO5S. The van der Waals surface area contributed by atoms with Crippen LogP contribution in [0, 0.1) is 12.8 Å². The van der Waals surface area contributed by atoms with Crippen LogP contribution in [0.4, 0.5) is 0 Å². The van der Waals surface area contributed by atoms with Crippen LogP contribution in [0.5, 0.6) is 0 Å². The van der Waals surface area contributed by atoms with Gasteiger partial charge in [0.05, 0.1) is 0 Å². The second kappa shape index (κ2) is 5.82. The maximum absolute atomic E-state index is 12.6. The Labute approximate surface area is 134 Å². The topological polar surface area (TPSA) is 96.6 Å². The number of hydrogen-bond acceptors (Lipinski definition) is 4. The minimum atomic E-state index is -3.86. The molecule has 2 N–H and O–H groups in total. The lowest BCUT2D eigenvalue weighted by Crippen LogP contribution is -2.30. The highest BCUT2D eigenvalue weighted by Crippen LogP contribution is 2.41. The fourth-order valence-electron chi connectivity index (χ4n) is 2.59. The van der Waals surface area contributed by atoms with Crippen molar-refractivity contribution in [2.75, 3.05) is 0 Å². The summed E-state index contributed by atoms with van der Waals surface area (Å²) in [5.41, 5.74) is 0.901. The van der Waals surface area contributed by atoms with Gasteiger partial charge in [-0.3, -0.25) is 0 Å². The van der Waals surface area contributed by atoms with Crippen LogP contribution in [-0.2, 0) is 10.0 Å². The lowest BCUT2D eigenvalue weighted by atomic mass is 10.0. The molecule has 1 aromatic heterocycles. The number of sulfonamides is 1. The van der Waals surface area contributed by atoms with E-state index in [4.69, 9.17) is 9.52 Å². The quantitative estimate of drug-likeness (QED) is 0.846. The Morgan fingerprint density at radius 1 is 1.30 bits per heavy atom. The van der Waals surface area contributed by atoms with E-state index in [-0.39, 0.29) is 28.4 Å². The maximum atomic E-state index is 12.6. The van der Waals surface area contributed by atoms with Crippen LogP contribution < -0.4 is 4.72 Å². The van der Waals surface area contributed by atoms with Gasteiger partial charge in [0, 0.05) is 12.1 Å². The van der Waals surface area contributed by atoms with E-state index in [2.05, 4.69) is 4.72 Å². The molecule has 3 rings (SSSR count). The van der Waals surface area contributed by atoms with Gasteiger partial charge in [0.2, 0.25) is 15.8 Å². The fourth-order valence-corrected chi connectivity index (χ4v) is 4.07. The molecule has 1 aliphatic rings. The molecule has 1 fully saturated rings. The van der Waals surface area contributed by atoms with Crippen LogP contribution in [0.15, 0.2) is 45.7 Å². The predicted molar refractivity (Wildman–Crippen MR) is 82.6 cm³/mol. The Morgan fingerprint density at radius 2 is 1.96 bits per heavy atom. The summed E-state index contributed by atoms with van der Waals surface area (Å²) in [6, 6.07) is 10.1. The lowest BCUT2D eigenvalue weighted by molar-refractivity contribution is 0.0661. The predicted octanol–water partition coefficient (Wildman–Crippen LogP) is 2.72. The SMILES string of the molecule is Cc1oc(C(=O)O)cc1S(=O)(=O)NC(c1ccccc1)C1CC1. The highest BCUT2D eigenvalue weighted by molar-refractivity contribution is 7.89. The van der Waals surface area contributed by atoms with Gasteiger partial charge < -0.3 is 9.52 Å². The molecule has 0 saturated heterocycles. The molecule has 23 heavy (non-hydrogen) atoms. The number of carbonyl (C=O) groups is 1. The van der Waals surface area contributed by atoms with Crippen molar-refractivity contribution in [1.82, 2.24) is 4.72 Å². The zero-order valence-electron chi connectivity index (χ0n) is 12.5. The summed E-state index contributed by atoms with van der Waals surface area (Å²) in [5.74, 6) is -1.35. The van der Waals surface area contributed by atoms with Crippen molar-refractivity contribution in [3.05, 3.63) is 53.5 Å².